The van der Waals surface area contributed by atoms with Gasteiger partial charge in [0, 0.05) is 30.6 Å². The van der Waals surface area contributed by atoms with Crippen molar-refractivity contribution < 1.29 is 4.79 Å². The number of nitrogens with one attached hydrogen (secondary N) is 1. The van der Waals surface area contributed by atoms with Gasteiger partial charge in [-0.15, -0.1) is 10.2 Å². The van der Waals surface area contributed by atoms with Crippen molar-refractivity contribution in [2.75, 3.05) is 5.32 Å². The summed E-state index contributed by atoms with van der Waals surface area (Å²) in [5.41, 5.74) is 1.70. The first-order valence-corrected chi connectivity index (χ1v) is 9.47. The number of hydrogen-bond acceptors (Lipinski definition) is 3. The summed E-state index contributed by atoms with van der Waals surface area (Å²) in [6, 6.07) is 5.43. The quantitative estimate of drug-likeness (QED) is 0.710. The average Bonchev–Trinajstić information content (AvgIpc) is 3.32. The van der Waals surface area contributed by atoms with Crippen LogP contribution in [0.4, 0.5) is 5.69 Å². The minimum absolute atomic E-state index is 0.122. The number of hydrogen-bond donors (Lipinski definition) is 1. The van der Waals surface area contributed by atoms with Crippen LogP contribution in [-0.4, -0.2) is 20.7 Å². The van der Waals surface area contributed by atoms with Gasteiger partial charge in [0.05, 0.1) is 5.02 Å². The van der Waals surface area contributed by atoms with Crippen molar-refractivity contribution >= 4 is 23.2 Å². The number of amides is 1. The largest absolute Gasteiger partial charge is 0.326 e. The van der Waals surface area contributed by atoms with Crippen molar-refractivity contribution in [3.05, 3.63) is 53.9 Å². The molecule has 0 aliphatic heterocycles. The zero-order valence-corrected chi connectivity index (χ0v) is 17.2. The number of allylic oxidation sites excluding steroid dienone is 3. The van der Waals surface area contributed by atoms with Gasteiger partial charge in [-0.1, -0.05) is 43.3 Å². The number of benzene rings is 1. The van der Waals surface area contributed by atoms with Crippen LogP contribution in [0.15, 0.2) is 43.0 Å². The number of rotatable bonds is 5. The van der Waals surface area contributed by atoms with Crippen LogP contribution in [0, 0.1) is 0 Å². The highest BCUT2D eigenvalue weighted by Gasteiger charge is 2.46. The fraction of sp³-hybridized carbons (Fsp3) is 0.381. The Kier molecular flexibility index (Phi) is 6.97. The second-order valence-corrected chi connectivity index (χ2v) is 7.08. The molecule has 1 heterocycles. The fourth-order valence-corrected chi connectivity index (χ4v) is 3.29. The number of aromatic nitrogens is 3. The van der Waals surface area contributed by atoms with Crippen LogP contribution in [-0.2, 0) is 17.3 Å². The van der Waals surface area contributed by atoms with Crippen molar-refractivity contribution in [1.82, 2.24) is 14.8 Å². The van der Waals surface area contributed by atoms with E-state index in [9.17, 15) is 4.79 Å². The van der Waals surface area contributed by atoms with Crippen LogP contribution in [0.25, 0.3) is 11.4 Å². The highest BCUT2D eigenvalue weighted by atomic mass is 35.5. The maximum atomic E-state index is 11.1. The lowest BCUT2D eigenvalue weighted by Gasteiger charge is -2.12. The summed E-state index contributed by atoms with van der Waals surface area (Å²) in [4.78, 5) is 11.1. The highest BCUT2D eigenvalue weighted by Crippen LogP contribution is 2.50. The highest BCUT2D eigenvalue weighted by molar-refractivity contribution is 6.33. The first-order chi connectivity index (χ1) is 12.9. The standard InChI is InChI=1S/C16H19ClN4O.C5H8/c1-4-16(7-8-16)15-20-19-14(21(15)3)12-6-5-11(9-13(12)17)18-10(2)22;1-3-5-4-2/h5-6,9H,4,7-8H2,1-3H3,(H,18,22);3-5H,1H2,2H3/b;5-4-. The monoisotopic (exact) mass is 386 g/mol. The van der Waals surface area contributed by atoms with E-state index in [0.717, 1.165) is 23.6 Å². The summed E-state index contributed by atoms with van der Waals surface area (Å²) in [6.45, 7) is 9.08. The first kappa shape index (κ1) is 20.9. The second-order valence-electron chi connectivity index (χ2n) is 6.68. The summed E-state index contributed by atoms with van der Waals surface area (Å²) in [5.74, 6) is 1.67. The molecule has 27 heavy (non-hydrogen) atoms. The summed E-state index contributed by atoms with van der Waals surface area (Å²) in [5, 5.41) is 12.0. The zero-order valence-electron chi connectivity index (χ0n) is 16.4. The Morgan fingerprint density at radius 2 is 2.11 bits per heavy atom. The van der Waals surface area contributed by atoms with E-state index in [2.05, 4.69) is 29.0 Å². The van der Waals surface area contributed by atoms with E-state index in [1.165, 1.54) is 19.8 Å². The zero-order chi connectivity index (χ0) is 20.0. The lowest BCUT2D eigenvalue weighted by molar-refractivity contribution is -0.114. The van der Waals surface area contributed by atoms with E-state index < -0.39 is 0 Å². The Labute approximate surface area is 166 Å². The minimum atomic E-state index is -0.122. The molecule has 1 saturated carbocycles. The van der Waals surface area contributed by atoms with Gasteiger partial charge >= 0.3 is 0 Å². The van der Waals surface area contributed by atoms with E-state index in [0.29, 0.717) is 10.7 Å². The second kappa shape index (κ2) is 9.00. The maximum absolute atomic E-state index is 11.1. The Bertz CT molecular complexity index is 850. The number of anilines is 1. The van der Waals surface area contributed by atoms with Gasteiger partial charge in [-0.05, 0) is 44.4 Å². The molecule has 2 aromatic rings. The number of carbonyl (C=O) groups is 1. The minimum Gasteiger partial charge on any atom is -0.326 e. The van der Waals surface area contributed by atoms with Gasteiger partial charge in [-0.25, -0.2) is 0 Å². The Morgan fingerprint density at radius 1 is 1.41 bits per heavy atom. The van der Waals surface area contributed by atoms with Gasteiger partial charge in [0.15, 0.2) is 5.82 Å². The predicted octanol–water partition coefficient (Wildman–Crippen LogP) is 5.28. The van der Waals surface area contributed by atoms with Gasteiger partial charge in [0.25, 0.3) is 0 Å². The van der Waals surface area contributed by atoms with E-state index in [-0.39, 0.29) is 11.3 Å². The SMILES string of the molecule is C=C/C=C\C.CCC1(c2nnc(-c3ccc(NC(C)=O)cc3Cl)n2C)CC1. The molecule has 1 fully saturated rings. The third kappa shape index (κ3) is 4.86. The van der Waals surface area contributed by atoms with Crippen molar-refractivity contribution in [3.8, 4) is 11.4 Å². The fourth-order valence-electron chi connectivity index (χ4n) is 3.03. The van der Waals surface area contributed by atoms with Crippen molar-refractivity contribution in [2.24, 2.45) is 7.05 Å². The van der Waals surface area contributed by atoms with Crippen LogP contribution in [0.3, 0.4) is 0 Å². The molecule has 3 rings (SSSR count). The van der Waals surface area contributed by atoms with Crippen molar-refractivity contribution in [2.45, 2.75) is 45.4 Å². The smallest absolute Gasteiger partial charge is 0.221 e. The van der Waals surface area contributed by atoms with Gasteiger partial charge < -0.3 is 9.88 Å². The Morgan fingerprint density at radius 3 is 2.56 bits per heavy atom. The molecular formula is C21H27ClN4O. The number of nitrogens with zero attached hydrogens (tertiary/aromatic N) is 3. The summed E-state index contributed by atoms with van der Waals surface area (Å²) < 4.78 is 2.04. The van der Waals surface area contributed by atoms with Crippen LogP contribution < -0.4 is 5.32 Å². The molecule has 144 valence electrons. The lowest BCUT2D eigenvalue weighted by atomic mass is 10.0. The molecule has 0 radical (unpaired) electrons. The molecule has 1 N–H and O–H groups in total. The van der Waals surface area contributed by atoms with Crippen LogP contribution in [0.2, 0.25) is 5.02 Å². The number of halogens is 1. The van der Waals surface area contributed by atoms with Gasteiger partial charge in [-0.2, -0.15) is 0 Å². The molecule has 0 atom stereocenters. The molecule has 1 aromatic carbocycles. The van der Waals surface area contributed by atoms with Crippen LogP contribution in [0.5, 0.6) is 0 Å². The number of carbonyl (C=O) groups excluding carboxylic acids is 1. The maximum Gasteiger partial charge on any atom is 0.221 e. The van der Waals surface area contributed by atoms with E-state index >= 15 is 0 Å². The molecule has 0 saturated heterocycles. The molecule has 5 nitrogen and oxygen atoms in total. The molecule has 0 spiro atoms. The van der Waals surface area contributed by atoms with Gasteiger partial charge in [-0.3, -0.25) is 4.79 Å². The molecule has 6 heteroatoms. The molecular weight excluding hydrogens is 360 g/mol. The van der Waals surface area contributed by atoms with Crippen LogP contribution in [0.1, 0.15) is 45.9 Å². The predicted molar refractivity (Wildman–Crippen MR) is 112 cm³/mol. The normalized spacial score (nSPS) is 14.4. The average molecular weight is 387 g/mol. The molecule has 1 aliphatic rings. The molecule has 0 bridgehead atoms. The van der Waals surface area contributed by atoms with Gasteiger partial charge in [0.1, 0.15) is 5.82 Å². The molecule has 0 unspecified atom stereocenters. The third-order valence-corrected chi connectivity index (χ3v) is 5.05. The lowest BCUT2D eigenvalue weighted by Crippen LogP contribution is -2.12. The Balaban J connectivity index is 0.000000465. The summed E-state index contributed by atoms with van der Waals surface area (Å²) in [7, 11) is 1.98. The molecule has 1 amide bonds. The van der Waals surface area contributed by atoms with Crippen molar-refractivity contribution in [1.29, 1.82) is 0 Å². The molecule has 1 aromatic heterocycles. The third-order valence-electron chi connectivity index (χ3n) is 4.74. The van der Waals surface area contributed by atoms with Gasteiger partial charge in [0.2, 0.25) is 5.91 Å². The molecule has 1 aliphatic carbocycles. The first-order valence-electron chi connectivity index (χ1n) is 9.09. The van der Waals surface area contributed by atoms with E-state index in [1.807, 2.05) is 42.8 Å². The van der Waals surface area contributed by atoms with E-state index in [1.54, 1.807) is 12.1 Å². The topological polar surface area (TPSA) is 59.8 Å². The van der Waals surface area contributed by atoms with Crippen LogP contribution >= 0.6 is 11.6 Å². The summed E-state index contributed by atoms with van der Waals surface area (Å²) >= 11 is 6.36. The van der Waals surface area contributed by atoms with Crippen molar-refractivity contribution in [3.63, 3.8) is 0 Å². The Hall–Kier alpha value is -2.40. The van der Waals surface area contributed by atoms with E-state index in [4.69, 9.17) is 11.6 Å². The summed E-state index contributed by atoms with van der Waals surface area (Å²) in [6.07, 6.45) is 9.00.